The molecule has 0 amide bonds. The lowest BCUT2D eigenvalue weighted by molar-refractivity contribution is 0.477. The van der Waals surface area contributed by atoms with Gasteiger partial charge in [-0.2, -0.15) is 0 Å². The van der Waals surface area contributed by atoms with Crippen LogP contribution in [0.3, 0.4) is 0 Å². The van der Waals surface area contributed by atoms with Crippen LogP contribution < -0.4 is 5.32 Å². The first kappa shape index (κ1) is 10.6. The molecule has 1 aromatic carbocycles. The number of anilines is 1. The third-order valence-corrected chi connectivity index (χ3v) is 2.12. The van der Waals surface area contributed by atoms with Crippen LogP contribution in [0, 0.1) is 6.92 Å². The van der Waals surface area contributed by atoms with Gasteiger partial charge in [0, 0.05) is 12.1 Å². The van der Waals surface area contributed by atoms with Crippen molar-refractivity contribution in [2.75, 3.05) is 11.9 Å². The molecular formula is C12H17NO. The quantitative estimate of drug-likeness (QED) is 0.617. The monoisotopic (exact) mass is 191 g/mol. The van der Waals surface area contributed by atoms with Crippen molar-refractivity contribution in [3.05, 3.63) is 29.3 Å². The minimum Gasteiger partial charge on any atom is -0.506 e. The lowest BCUT2D eigenvalue weighted by atomic mass is 10.0. The Morgan fingerprint density at radius 2 is 2.00 bits per heavy atom. The summed E-state index contributed by atoms with van der Waals surface area (Å²) in [5.41, 5.74) is 3.14. The van der Waals surface area contributed by atoms with Gasteiger partial charge in [0.25, 0.3) is 0 Å². The van der Waals surface area contributed by atoms with Gasteiger partial charge >= 0.3 is 0 Å². The van der Waals surface area contributed by atoms with Crippen LogP contribution >= 0.6 is 0 Å². The number of hydrogen-bond donors (Lipinski definition) is 2. The molecule has 0 fully saturated rings. The number of fused-ring (bicyclic) bond motifs is 1. The molecule has 1 aliphatic heterocycles. The molecule has 1 aliphatic rings. The maximum absolute atomic E-state index is 9.48. The molecule has 2 rings (SSSR count). The van der Waals surface area contributed by atoms with Gasteiger partial charge in [-0.1, -0.05) is 32.1 Å². The van der Waals surface area contributed by atoms with Crippen LogP contribution in [-0.4, -0.2) is 11.7 Å². The van der Waals surface area contributed by atoms with E-state index in [1.54, 1.807) is 6.07 Å². The number of aryl methyl sites for hydroxylation is 1. The number of nitrogens with one attached hydrogen (secondary N) is 1. The number of benzene rings is 1. The van der Waals surface area contributed by atoms with Crippen LogP contribution in [-0.2, 0) is 0 Å². The summed E-state index contributed by atoms with van der Waals surface area (Å²) < 4.78 is 0. The second kappa shape index (κ2) is 4.70. The van der Waals surface area contributed by atoms with Crippen LogP contribution in [0.2, 0.25) is 0 Å². The molecule has 76 valence electrons. The van der Waals surface area contributed by atoms with Crippen LogP contribution in [0.5, 0.6) is 5.75 Å². The summed E-state index contributed by atoms with van der Waals surface area (Å²) in [5, 5.41) is 12.6. The molecule has 0 unspecified atom stereocenters. The van der Waals surface area contributed by atoms with E-state index in [4.69, 9.17) is 0 Å². The molecule has 0 saturated carbocycles. The highest BCUT2D eigenvalue weighted by atomic mass is 16.3. The SMILES string of the molecule is CC.Cc1ccc(O)c2c1C=CCN2. The summed E-state index contributed by atoms with van der Waals surface area (Å²) in [6, 6.07) is 3.64. The molecule has 0 spiro atoms. The van der Waals surface area contributed by atoms with E-state index >= 15 is 0 Å². The lowest BCUT2D eigenvalue weighted by Gasteiger charge is -2.16. The number of rotatable bonds is 0. The minimum absolute atomic E-state index is 0.333. The molecule has 14 heavy (non-hydrogen) atoms. The predicted molar refractivity (Wildman–Crippen MR) is 61.7 cm³/mol. The average molecular weight is 191 g/mol. The summed E-state index contributed by atoms with van der Waals surface area (Å²) in [7, 11) is 0. The highest BCUT2D eigenvalue weighted by Crippen LogP contribution is 2.32. The molecule has 1 aromatic rings. The third-order valence-electron chi connectivity index (χ3n) is 2.12. The molecule has 0 atom stereocenters. The normalized spacial score (nSPS) is 12.2. The summed E-state index contributed by atoms with van der Waals surface area (Å²) in [5.74, 6) is 0.333. The number of phenolic OH excluding ortho intramolecular Hbond substituents is 1. The Morgan fingerprint density at radius 1 is 1.29 bits per heavy atom. The van der Waals surface area contributed by atoms with Gasteiger partial charge in [0.2, 0.25) is 0 Å². The maximum Gasteiger partial charge on any atom is 0.139 e. The van der Waals surface area contributed by atoms with Gasteiger partial charge in [-0.15, -0.1) is 0 Å². The van der Waals surface area contributed by atoms with E-state index < -0.39 is 0 Å². The van der Waals surface area contributed by atoms with Crippen molar-refractivity contribution in [2.45, 2.75) is 20.8 Å². The zero-order valence-electron chi connectivity index (χ0n) is 8.96. The standard InChI is InChI=1S/C10H11NO.C2H6/c1-7-4-5-9(12)10-8(7)3-2-6-11-10;1-2/h2-5,11-12H,6H2,1H3;1-2H3. The van der Waals surface area contributed by atoms with E-state index in [0.717, 1.165) is 17.8 Å². The summed E-state index contributed by atoms with van der Waals surface area (Å²) in [4.78, 5) is 0. The van der Waals surface area contributed by atoms with Gasteiger partial charge in [-0.25, -0.2) is 0 Å². The van der Waals surface area contributed by atoms with Crippen molar-refractivity contribution in [1.82, 2.24) is 0 Å². The molecule has 0 bridgehead atoms. The molecule has 0 saturated heterocycles. The smallest absolute Gasteiger partial charge is 0.139 e. The second-order valence-electron chi connectivity index (χ2n) is 2.97. The third kappa shape index (κ3) is 1.90. The highest BCUT2D eigenvalue weighted by molar-refractivity contribution is 5.77. The summed E-state index contributed by atoms with van der Waals surface area (Å²) in [6.45, 7) is 6.83. The Balaban J connectivity index is 0.000000461. The van der Waals surface area contributed by atoms with E-state index in [1.165, 1.54) is 5.56 Å². The molecule has 2 nitrogen and oxygen atoms in total. The van der Waals surface area contributed by atoms with E-state index in [9.17, 15) is 5.11 Å². The first-order valence-electron chi connectivity index (χ1n) is 5.02. The number of aromatic hydroxyl groups is 1. The zero-order valence-corrected chi connectivity index (χ0v) is 8.96. The van der Waals surface area contributed by atoms with Crippen LogP contribution in [0.25, 0.3) is 6.08 Å². The van der Waals surface area contributed by atoms with Gasteiger partial charge in [0.15, 0.2) is 0 Å². The topological polar surface area (TPSA) is 32.3 Å². The van der Waals surface area contributed by atoms with Crippen LogP contribution in [0.4, 0.5) is 5.69 Å². The fourth-order valence-corrected chi connectivity index (χ4v) is 1.45. The number of phenols is 1. The Labute approximate surface area is 85.3 Å². The van der Waals surface area contributed by atoms with E-state index in [-0.39, 0.29) is 0 Å². The van der Waals surface area contributed by atoms with Crippen molar-refractivity contribution >= 4 is 11.8 Å². The molecule has 0 radical (unpaired) electrons. The minimum atomic E-state index is 0.333. The molecule has 1 heterocycles. The fourth-order valence-electron chi connectivity index (χ4n) is 1.45. The number of hydrogen-bond acceptors (Lipinski definition) is 2. The Hall–Kier alpha value is -1.44. The second-order valence-corrected chi connectivity index (χ2v) is 2.97. The molecule has 2 N–H and O–H groups in total. The first-order chi connectivity index (χ1) is 6.79. The van der Waals surface area contributed by atoms with Gasteiger partial charge < -0.3 is 10.4 Å². The first-order valence-corrected chi connectivity index (χ1v) is 5.02. The van der Waals surface area contributed by atoms with Gasteiger partial charge in [-0.05, 0) is 18.6 Å². The van der Waals surface area contributed by atoms with Crippen molar-refractivity contribution in [1.29, 1.82) is 0 Å². The van der Waals surface area contributed by atoms with E-state index in [0.29, 0.717) is 5.75 Å². The largest absolute Gasteiger partial charge is 0.506 e. The van der Waals surface area contributed by atoms with Crippen molar-refractivity contribution in [3.63, 3.8) is 0 Å². The van der Waals surface area contributed by atoms with Crippen molar-refractivity contribution in [2.24, 2.45) is 0 Å². The predicted octanol–water partition coefficient (Wildman–Crippen LogP) is 3.17. The highest BCUT2D eigenvalue weighted by Gasteiger charge is 2.09. The Bertz CT molecular complexity index is 342. The Kier molecular flexibility index (Phi) is 3.57. The van der Waals surface area contributed by atoms with Crippen LogP contribution in [0.1, 0.15) is 25.0 Å². The van der Waals surface area contributed by atoms with Crippen LogP contribution in [0.15, 0.2) is 18.2 Å². The van der Waals surface area contributed by atoms with Gasteiger partial charge in [0.1, 0.15) is 5.75 Å². The molecule has 0 aromatic heterocycles. The zero-order chi connectivity index (χ0) is 10.6. The fraction of sp³-hybridized carbons (Fsp3) is 0.333. The maximum atomic E-state index is 9.48. The van der Waals surface area contributed by atoms with E-state index in [1.807, 2.05) is 32.9 Å². The van der Waals surface area contributed by atoms with Gasteiger partial charge in [0.05, 0.1) is 5.69 Å². The van der Waals surface area contributed by atoms with Gasteiger partial charge in [-0.3, -0.25) is 0 Å². The Morgan fingerprint density at radius 3 is 2.64 bits per heavy atom. The molecular weight excluding hydrogens is 174 g/mol. The van der Waals surface area contributed by atoms with Crippen molar-refractivity contribution < 1.29 is 5.11 Å². The lowest BCUT2D eigenvalue weighted by Crippen LogP contribution is -2.05. The average Bonchev–Trinajstić information content (AvgIpc) is 2.27. The van der Waals surface area contributed by atoms with Crippen molar-refractivity contribution in [3.8, 4) is 5.75 Å². The molecule has 0 aliphatic carbocycles. The summed E-state index contributed by atoms with van der Waals surface area (Å²) in [6.07, 6.45) is 4.09. The summed E-state index contributed by atoms with van der Waals surface area (Å²) >= 11 is 0. The van der Waals surface area contributed by atoms with E-state index in [2.05, 4.69) is 11.4 Å². The molecule has 2 heteroatoms.